The third kappa shape index (κ3) is 2.27. The number of H-pyrrole nitrogens is 1. The van der Waals surface area contributed by atoms with Crippen molar-refractivity contribution in [2.75, 3.05) is 0 Å². The van der Waals surface area contributed by atoms with Gasteiger partial charge in [0.1, 0.15) is 11.3 Å². The van der Waals surface area contributed by atoms with Gasteiger partial charge in [-0.3, -0.25) is 4.79 Å². The Balaban J connectivity index is 1.69. The van der Waals surface area contributed by atoms with Gasteiger partial charge in [0, 0.05) is 6.42 Å². The van der Waals surface area contributed by atoms with Crippen LogP contribution in [0.15, 0.2) is 42.7 Å². The number of aliphatic hydroxyl groups is 1. The Hall–Kier alpha value is -2.73. The maximum Gasteiger partial charge on any atom is 0.254 e. The molecule has 1 heterocycles. The minimum absolute atomic E-state index is 0.151. The van der Waals surface area contributed by atoms with Crippen molar-refractivity contribution in [3.63, 3.8) is 0 Å². The van der Waals surface area contributed by atoms with Crippen LogP contribution in [0.4, 0.5) is 4.39 Å². The second kappa shape index (κ2) is 5.17. The Morgan fingerprint density at radius 1 is 1.35 bits per heavy atom. The molecule has 1 amide bonds. The number of amides is 1. The minimum atomic E-state index is -0.695. The van der Waals surface area contributed by atoms with Gasteiger partial charge >= 0.3 is 0 Å². The van der Waals surface area contributed by atoms with E-state index < -0.39 is 23.9 Å². The number of aromatic nitrogens is 2. The Kier molecular flexibility index (Phi) is 3.12. The van der Waals surface area contributed by atoms with Gasteiger partial charge in [-0.25, -0.2) is 9.37 Å². The van der Waals surface area contributed by atoms with Crippen LogP contribution >= 0.6 is 0 Å². The van der Waals surface area contributed by atoms with Gasteiger partial charge in [-0.05, 0) is 23.3 Å². The van der Waals surface area contributed by atoms with Crippen LogP contribution in [0.3, 0.4) is 0 Å². The summed E-state index contributed by atoms with van der Waals surface area (Å²) >= 11 is 0. The lowest BCUT2D eigenvalue weighted by Crippen LogP contribution is -2.34. The molecule has 23 heavy (non-hydrogen) atoms. The van der Waals surface area contributed by atoms with Crippen LogP contribution in [0.1, 0.15) is 27.5 Å². The molecule has 1 aromatic heterocycles. The van der Waals surface area contributed by atoms with Crippen molar-refractivity contribution in [2.45, 2.75) is 18.6 Å². The fourth-order valence-corrected chi connectivity index (χ4v) is 3.15. The highest BCUT2D eigenvalue weighted by Gasteiger charge is 2.32. The SMILES string of the molecule is O=C(N[C@H]1c2ccccc2C[C@H]1O)c1cc(F)cc2[nH]cnc12. The lowest BCUT2D eigenvalue weighted by Gasteiger charge is -2.18. The molecule has 0 radical (unpaired) electrons. The van der Waals surface area contributed by atoms with Crippen LogP contribution in [0.2, 0.25) is 0 Å². The second-order valence-electron chi connectivity index (χ2n) is 5.67. The molecule has 0 fully saturated rings. The van der Waals surface area contributed by atoms with Crippen molar-refractivity contribution in [3.05, 3.63) is 65.2 Å². The monoisotopic (exact) mass is 311 g/mol. The first-order valence-corrected chi connectivity index (χ1v) is 7.33. The number of hydrogen-bond donors (Lipinski definition) is 3. The molecule has 1 aliphatic carbocycles. The summed E-state index contributed by atoms with van der Waals surface area (Å²) in [6.45, 7) is 0. The summed E-state index contributed by atoms with van der Waals surface area (Å²) in [4.78, 5) is 19.4. The Morgan fingerprint density at radius 2 is 2.17 bits per heavy atom. The first-order valence-electron chi connectivity index (χ1n) is 7.33. The van der Waals surface area contributed by atoms with E-state index >= 15 is 0 Å². The van der Waals surface area contributed by atoms with Crippen LogP contribution in [-0.2, 0) is 6.42 Å². The molecule has 0 bridgehead atoms. The van der Waals surface area contributed by atoms with Crippen LogP contribution in [0.25, 0.3) is 11.0 Å². The van der Waals surface area contributed by atoms with Crippen molar-refractivity contribution in [1.82, 2.24) is 15.3 Å². The van der Waals surface area contributed by atoms with Crippen molar-refractivity contribution >= 4 is 16.9 Å². The number of hydrogen-bond acceptors (Lipinski definition) is 3. The number of halogens is 1. The average Bonchev–Trinajstić information content (AvgIpc) is 3.11. The molecule has 2 atom stereocenters. The van der Waals surface area contributed by atoms with Gasteiger partial charge in [0.2, 0.25) is 0 Å². The molecule has 0 saturated carbocycles. The summed E-state index contributed by atoms with van der Waals surface area (Å²) in [5, 5.41) is 13.0. The Morgan fingerprint density at radius 3 is 3.04 bits per heavy atom. The second-order valence-corrected chi connectivity index (χ2v) is 5.67. The van der Waals surface area contributed by atoms with Gasteiger partial charge < -0.3 is 15.4 Å². The summed E-state index contributed by atoms with van der Waals surface area (Å²) in [6, 6.07) is 9.52. The van der Waals surface area contributed by atoms with Gasteiger partial charge in [-0.2, -0.15) is 0 Å². The van der Waals surface area contributed by atoms with Crippen LogP contribution in [0, 0.1) is 5.82 Å². The van der Waals surface area contributed by atoms with E-state index in [1.807, 2.05) is 24.3 Å². The Labute approximate surface area is 131 Å². The predicted molar refractivity (Wildman–Crippen MR) is 82.4 cm³/mol. The van der Waals surface area contributed by atoms with Gasteiger partial charge in [0.05, 0.1) is 29.6 Å². The topological polar surface area (TPSA) is 78.0 Å². The lowest BCUT2D eigenvalue weighted by molar-refractivity contribution is 0.0859. The van der Waals surface area contributed by atoms with Crippen LogP contribution in [0.5, 0.6) is 0 Å². The molecule has 0 aliphatic heterocycles. The fourth-order valence-electron chi connectivity index (χ4n) is 3.15. The molecule has 2 aromatic carbocycles. The molecule has 5 nitrogen and oxygen atoms in total. The van der Waals surface area contributed by atoms with Gasteiger partial charge in [-0.15, -0.1) is 0 Å². The Bertz CT molecular complexity index is 906. The average molecular weight is 311 g/mol. The third-order valence-electron chi connectivity index (χ3n) is 4.22. The summed E-state index contributed by atoms with van der Waals surface area (Å²) in [6.07, 6.45) is 1.21. The maximum atomic E-state index is 13.7. The van der Waals surface area contributed by atoms with Crippen LogP contribution < -0.4 is 5.32 Å². The number of benzene rings is 2. The number of nitrogens with one attached hydrogen (secondary N) is 2. The van der Waals surface area contributed by atoms with E-state index in [2.05, 4.69) is 15.3 Å². The zero-order valence-corrected chi connectivity index (χ0v) is 12.1. The maximum absolute atomic E-state index is 13.7. The largest absolute Gasteiger partial charge is 0.390 e. The quantitative estimate of drug-likeness (QED) is 0.678. The zero-order chi connectivity index (χ0) is 16.0. The van der Waals surface area contributed by atoms with E-state index in [9.17, 15) is 14.3 Å². The molecular formula is C17H14FN3O2. The standard InChI is InChI=1S/C17H14FN3O2/c18-10-6-12(15-13(7-10)19-8-20-15)17(23)21-16-11-4-2-1-3-9(11)5-14(16)22/h1-4,6-8,14,16,22H,5H2,(H,19,20)(H,21,23)/t14-,16+/m1/s1. The molecule has 116 valence electrons. The fraction of sp³-hybridized carbons (Fsp3) is 0.176. The zero-order valence-electron chi connectivity index (χ0n) is 12.1. The van der Waals surface area contributed by atoms with Crippen molar-refractivity contribution < 1.29 is 14.3 Å². The number of carbonyl (C=O) groups excluding carboxylic acids is 1. The number of aromatic amines is 1. The first kappa shape index (κ1) is 13.9. The van der Waals surface area contributed by atoms with E-state index in [1.54, 1.807) is 0 Å². The summed E-state index contributed by atoms with van der Waals surface area (Å²) in [5.41, 5.74) is 2.92. The lowest BCUT2D eigenvalue weighted by atomic mass is 10.1. The van der Waals surface area contributed by atoms with E-state index in [1.165, 1.54) is 12.4 Å². The normalized spacial score (nSPS) is 19.7. The third-order valence-corrected chi connectivity index (χ3v) is 4.22. The molecule has 3 aromatic rings. The number of nitrogens with zero attached hydrogens (tertiary/aromatic N) is 1. The molecule has 4 rings (SSSR count). The molecule has 3 N–H and O–H groups in total. The van der Waals surface area contributed by atoms with Crippen molar-refractivity contribution in [1.29, 1.82) is 0 Å². The highest BCUT2D eigenvalue weighted by Crippen LogP contribution is 2.31. The molecule has 0 saturated heterocycles. The summed E-state index contributed by atoms with van der Waals surface area (Å²) in [5.74, 6) is -0.971. The van der Waals surface area contributed by atoms with Crippen molar-refractivity contribution in [2.24, 2.45) is 0 Å². The highest BCUT2D eigenvalue weighted by molar-refractivity contribution is 6.05. The molecule has 6 heteroatoms. The van der Waals surface area contributed by atoms with Gasteiger partial charge in [-0.1, -0.05) is 24.3 Å². The van der Waals surface area contributed by atoms with E-state index in [4.69, 9.17) is 0 Å². The van der Waals surface area contributed by atoms with E-state index in [0.717, 1.165) is 17.2 Å². The van der Waals surface area contributed by atoms with Crippen molar-refractivity contribution in [3.8, 4) is 0 Å². The first-order chi connectivity index (χ1) is 11.1. The van der Waals surface area contributed by atoms with Gasteiger partial charge in [0.15, 0.2) is 0 Å². The smallest absolute Gasteiger partial charge is 0.254 e. The van der Waals surface area contributed by atoms with E-state index in [0.29, 0.717) is 17.5 Å². The molecule has 0 spiro atoms. The predicted octanol–water partition coefficient (Wildman–Crippen LogP) is 2.09. The highest BCUT2D eigenvalue weighted by atomic mass is 19.1. The minimum Gasteiger partial charge on any atom is -0.390 e. The van der Waals surface area contributed by atoms with Crippen LogP contribution in [-0.4, -0.2) is 27.1 Å². The number of fused-ring (bicyclic) bond motifs is 2. The van der Waals surface area contributed by atoms with E-state index in [-0.39, 0.29) is 5.56 Å². The molecular weight excluding hydrogens is 297 g/mol. The summed E-state index contributed by atoms with van der Waals surface area (Å²) < 4.78 is 13.7. The molecule has 0 unspecified atom stereocenters. The summed E-state index contributed by atoms with van der Waals surface area (Å²) in [7, 11) is 0. The number of imidazole rings is 1. The van der Waals surface area contributed by atoms with Gasteiger partial charge in [0.25, 0.3) is 5.91 Å². The number of carbonyl (C=O) groups is 1. The number of aliphatic hydroxyl groups excluding tert-OH is 1. The molecule has 1 aliphatic rings. The number of rotatable bonds is 2.